The first-order chi connectivity index (χ1) is 11.1. The Morgan fingerprint density at radius 2 is 2.04 bits per heavy atom. The number of sulfonamides is 1. The third-order valence-electron chi connectivity index (χ3n) is 2.99. The zero-order chi connectivity index (χ0) is 16.3. The topological polar surface area (TPSA) is 94.3 Å². The first-order valence-corrected chi connectivity index (χ1v) is 8.95. The Labute approximate surface area is 137 Å². The van der Waals surface area contributed by atoms with Gasteiger partial charge in [-0.15, -0.1) is 11.3 Å². The normalized spacial score (nSPS) is 11.5. The molecule has 0 bridgehead atoms. The van der Waals surface area contributed by atoms with Gasteiger partial charge in [0.25, 0.3) is 0 Å². The fourth-order valence-corrected chi connectivity index (χ4v) is 3.45. The molecule has 2 heterocycles. The summed E-state index contributed by atoms with van der Waals surface area (Å²) in [6, 6.07) is 9.83. The largest absolute Gasteiger partial charge is 0.497 e. The summed E-state index contributed by atoms with van der Waals surface area (Å²) < 4.78 is 36.9. The maximum Gasteiger partial charge on any atom is 0.242 e. The van der Waals surface area contributed by atoms with Crippen LogP contribution >= 0.6 is 11.3 Å². The first kappa shape index (κ1) is 15.7. The van der Waals surface area contributed by atoms with E-state index in [2.05, 4.69) is 14.9 Å². The van der Waals surface area contributed by atoms with Gasteiger partial charge in [-0.3, -0.25) is 0 Å². The molecule has 9 heteroatoms. The highest BCUT2D eigenvalue weighted by Gasteiger charge is 2.16. The van der Waals surface area contributed by atoms with Crippen molar-refractivity contribution in [3.8, 4) is 16.5 Å². The zero-order valence-electron chi connectivity index (χ0n) is 12.1. The van der Waals surface area contributed by atoms with Crippen molar-refractivity contribution in [1.82, 2.24) is 14.9 Å². The minimum absolute atomic E-state index is 0.0766. The van der Waals surface area contributed by atoms with Crippen LogP contribution in [0.1, 0.15) is 5.89 Å². The smallest absolute Gasteiger partial charge is 0.242 e. The van der Waals surface area contributed by atoms with E-state index in [4.69, 9.17) is 9.26 Å². The van der Waals surface area contributed by atoms with Crippen LogP contribution in [0.25, 0.3) is 10.7 Å². The van der Waals surface area contributed by atoms with Crippen molar-refractivity contribution in [2.45, 2.75) is 11.4 Å². The Morgan fingerprint density at radius 3 is 2.70 bits per heavy atom. The molecule has 0 aliphatic heterocycles. The second kappa shape index (κ2) is 6.49. The molecule has 0 aliphatic carbocycles. The van der Waals surface area contributed by atoms with Gasteiger partial charge in [-0.25, -0.2) is 13.1 Å². The number of rotatable bonds is 6. The van der Waals surface area contributed by atoms with Crippen LogP contribution in [0.5, 0.6) is 5.75 Å². The average molecular weight is 351 g/mol. The summed E-state index contributed by atoms with van der Waals surface area (Å²) >= 11 is 1.48. The first-order valence-electron chi connectivity index (χ1n) is 6.59. The monoisotopic (exact) mass is 351 g/mol. The number of hydrogen-bond donors (Lipinski definition) is 1. The summed E-state index contributed by atoms with van der Waals surface area (Å²) in [5, 5.41) is 5.73. The van der Waals surface area contributed by atoms with Crippen molar-refractivity contribution in [3.05, 3.63) is 47.7 Å². The Bertz CT molecular complexity index is 871. The molecule has 2 aromatic heterocycles. The zero-order valence-corrected chi connectivity index (χ0v) is 13.7. The highest BCUT2D eigenvalue weighted by Crippen LogP contribution is 2.21. The average Bonchev–Trinajstić information content (AvgIpc) is 3.24. The van der Waals surface area contributed by atoms with Crippen LogP contribution in [0.4, 0.5) is 0 Å². The van der Waals surface area contributed by atoms with Crippen molar-refractivity contribution >= 4 is 21.4 Å². The van der Waals surface area contributed by atoms with Crippen LogP contribution < -0.4 is 9.46 Å². The molecule has 0 amide bonds. The molecule has 3 rings (SSSR count). The minimum Gasteiger partial charge on any atom is -0.497 e. The fraction of sp³-hybridized carbons (Fsp3) is 0.143. The lowest BCUT2D eigenvalue weighted by Crippen LogP contribution is -2.23. The number of benzene rings is 1. The van der Waals surface area contributed by atoms with Gasteiger partial charge in [0.05, 0.1) is 23.4 Å². The number of aromatic nitrogens is 2. The van der Waals surface area contributed by atoms with E-state index in [1.807, 2.05) is 17.5 Å². The van der Waals surface area contributed by atoms with E-state index in [0.29, 0.717) is 11.6 Å². The van der Waals surface area contributed by atoms with Crippen molar-refractivity contribution in [2.24, 2.45) is 0 Å². The molecule has 0 atom stereocenters. The molecule has 7 nitrogen and oxygen atoms in total. The number of hydrogen-bond acceptors (Lipinski definition) is 7. The van der Waals surface area contributed by atoms with Crippen LogP contribution in [0.3, 0.4) is 0 Å². The molecule has 0 unspecified atom stereocenters. The summed E-state index contributed by atoms with van der Waals surface area (Å²) in [5.74, 6) is 1.23. The number of nitrogens with zero attached hydrogens (tertiary/aromatic N) is 2. The van der Waals surface area contributed by atoms with Gasteiger partial charge in [0.15, 0.2) is 0 Å². The maximum absolute atomic E-state index is 12.2. The second-order valence-electron chi connectivity index (χ2n) is 4.49. The lowest BCUT2D eigenvalue weighted by Gasteiger charge is -2.05. The molecule has 0 radical (unpaired) electrons. The molecule has 3 aromatic rings. The van der Waals surface area contributed by atoms with E-state index in [0.717, 1.165) is 4.88 Å². The molecular formula is C14H13N3O4S2. The van der Waals surface area contributed by atoms with Crippen molar-refractivity contribution < 1.29 is 17.7 Å². The van der Waals surface area contributed by atoms with E-state index < -0.39 is 10.0 Å². The SMILES string of the molecule is COc1ccc(S(=O)(=O)NCc2nc(-c3cccs3)no2)cc1. The summed E-state index contributed by atoms with van der Waals surface area (Å²) in [6.07, 6.45) is 0. The van der Waals surface area contributed by atoms with Crippen molar-refractivity contribution in [1.29, 1.82) is 0 Å². The summed E-state index contributed by atoms with van der Waals surface area (Å²) in [7, 11) is -2.14. The Hall–Kier alpha value is -2.23. The highest BCUT2D eigenvalue weighted by atomic mass is 32.2. The molecule has 23 heavy (non-hydrogen) atoms. The molecule has 1 N–H and O–H groups in total. The number of ether oxygens (including phenoxy) is 1. The van der Waals surface area contributed by atoms with Gasteiger partial charge in [-0.2, -0.15) is 4.98 Å². The molecule has 0 saturated carbocycles. The van der Waals surface area contributed by atoms with E-state index >= 15 is 0 Å². The van der Waals surface area contributed by atoms with Crippen LogP contribution in [0.15, 0.2) is 51.2 Å². The van der Waals surface area contributed by atoms with Crippen molar-refractivity contribution in [3.63, 3.8) is 0 Å². The van der Waals surface area contributed by atoms with Gasteiger partial charge in [0.1, 0.15) is 5.75 Å². The summed E-state index contributed by atoms with van der Waals surface area (Å²) in [6.45, 7) is -0.0766. The fourth-order valence-electron chi connectivity index (χ4n) is 1.83. The molecule has 120 valence electrons. The van der Waals surface area contributed by atoms with E-state index in [9.17, 15) is 8.42 Å². The van der Waals surface area contributed by atoms with Crippen LogP contribution in [-0.4, -0.2) is 25.7 Å². The van der Waals surface area contributed by atoms with Gasteiger partial charge in [0, 0.05) is 0 Å². The van der Waals surface area contributed by atoms with Crippen LogP contribution in [0, 0.1) is 0 Å². The maximum atomic E-state index is 12.2. The number of thiophene rings is 1. The highest BCUT2D eigenvalue weighted by molar-refractivity contribution is 7.89. The van der Waals surface area contributed by atoms with E-state index in [1.54, 1.807) is 12.1 Å². The Morgan fingerprint density at radius 1 is 1.26 bits per heavy atom. The summed E-state index contributed by atoms with van der Waals surface area (Å²) in [4.78, 5) is 5.16. The standard InChI is InChI=1S/C14H13N3O4S2/c1-20-10-4-6-11(7-5-10)23(18,19)15-9-13-16-14(17-21-13)12-3-2-8-22-12/h2-8,15H,9H2,1H3. The van der Waals surface area contributed by atoms with Gasteiger partial charge < -0.3 is 9.26 Å². The minimum atomic E-state index is -3.66. The Balaban J connectivity index is 1.69. The predicted octanol–water partition coefficient (Wildman–Crippen LogP) is 2.29. The lowest BCUT2D eigenvalue weighted by atomic mass is 10.3. The third kappa shape index (κ3) is 3.58. The molecule has 0 aliphatic rings. The van der Waals surface area contributed by atoms with Gasteiger partial charge >= 0.3 is 0 Å². The van der Waals surface area contributed by atoms with Crippen molar-refractivity contribution in [2.75, 3.05) is 7.11 Å². The van der Waals surface area contributed by atoms with Gasteiger partial charge in [-0.1, -0.05) is 11.2 Å². The molecule has 0 saturated heterocycles. The van der Waals surface area contributed by atoms with Crippen LogP contribution in [-0.2, 0) is 16.6 Å². The molecular weight excluding hydrogens is 338 g/mol. The second-order valence-corrected chi connectivity index (χ2v) is 7.20. The van der Waals surface area contributed by atoms with Crippen LogP contribution in [0.2, 0.25) is 0 Å². The Kier molecular flexibility index (Phi) is 4.42. The van der Waals surface area contributed by atoms with E-state index in [1.165, 1.54) is 30.6 Å². The summed E-state index contributed by atoms with van der Waals surface area (Å²) in [5.41, 5.74) is 0. The predicted molar refractivity (Wildman–Crippen MR) is 84.6 cm³/mol. The van der Waals surface area contributed by atoms with Gasteiger partial charge in [0.2, 0.25) is 21.7 Å². The third-order valence-corrected chi connectivity index (χ3v) is 5.28. The van der Waals surface area contributed by atoms with Gasteiger partial charge in [-0.05, 0) is 35.7 Å². The number of nitrogens with one attached hydrogen (secondary N) is 1. The molecule has 0 fully saturated rings. The molecule has 1 aromatic carbocycles. The van der Waals surface area contributed by atoms with E-state index in [-0.39, 0.29) is 17.3 Å². The number of methoxy groups -OCH3 is 1. The lowest BCUT2D eigenvalue weighted by molar-refractivity contribution is 0.376. The quantitative estimate of drug-likeness (QED) is 0.732. The molecule has 0 spiro atoms.